The molecule has 3 rings (SSSR count). The van der Waals surface area contributed by atoms with E-state index >= 15 is 0 Å². The van der Waals surface area contributed by atoms with E-state index in [9.17, 15) is 0 Å². The maximum atomic E-state index is 5.89. The summed E-state index contributed by atoms with van der Waals surface area (Å²) in [6.07, 6.45) is 2.50. The summed E-state index contributed by atoms with van der Waals surface area (Å²) in [5, 5.41) is 3.47. The Labute approximate surface area is 127 Å². The largest absolute Gasteiger partial charge is 0.490 e. The molecule has 1 aromatic rings. The molecule has 4 heteroatoms. The van der Waals surface area contributed by atoms with Crippen LogP contribution in [-0.2, 0) is 17.6 Å². The Balaban J connectivity index is 1.78. The van der Waals surface area contributed by atoms with E-state index in [4.69, 9.17) is 9.47 Å². The van der Waals surface area contributed by atoms with Crippen molar-refractivity contribution in [3.8, 4) is 5.75 Å². The van der Waals surface area contributed by atoms with Crippen molar-refractivity contribution in [2.24, 2.45) is 0 Å². The molecule has 1 N–H and O–H groups in total. The van der Waals surface area contributed by atoms with E-state index in [1.165, 1.54) is 16.8 Å². The summed E-state index contributed by atoms with van der Waals surface area (Å²) in [6, 6.07) is 4.60. The van der Waals surface area contributed by atoms with Crippen molar-refractivity contribution in [2.75, 3.05) is 44.3 Å². The predicted octanol–water partition coefficient (Wildman–Crippen LogP) is 2.00. The molecule has 116 valence electrons. The van der Waals surface area contributed by atoms with Gasteiger partial charge in [-0.05, 0) is 63.0 Å². The molecule has 0 saturated carbocycles. The lowest BCUT2D eigenvalue weighted by Gasteiger charge is -2.32. The van der Waals surface area contributed by atoms with Gasteiger partial charge in [0.05, 0.1) is 24.9 Å². The van der Waals surface area contributed by atoms with Crippen molar-refractivity contribution in [1.29, 1.82) is 0 Å². The lowest BCUT2D eigenvalue weighted by atomic mass is 10.0. The SMILES string of the molecule is CC(C)OCCN1CCOc2cc3c(cc21)CCNCC3. The average molecular weight is 290 g/mol. The number of ether oxygens (including phenoxy) is 2. The molecule has 0 spiro atoms. The van der Waals surface area contributed by atoms with Crippen LogP contribution in [0.2, 0.25) is 0 Å². The van der Waals surface area contributed by atoms with Gasteiger partial charge >= 0.3 is 0 Å². The van der Waals surface area contributed by atoms with Crippen LogP contribution in [0.1, 0.15) is 25.0 Å². The fourth-order valence-corrected chi connectivity index (χ4v) is 3.07. The first-order valence-electron chi connectivity index (χ1n) is 8.10. The zero-order chi connectivity index (χ0) is 14.7. The third kappa shape index (κ3) is 3.50. The first kappa shape index (κ1) is 14.7. The molecular formula is C17H26N2O2. The summed E-state index contributed by atoms with van der Waals surface area (Å²) in [5.41, 5.74) is 4.16. The Morgan fingerprint density at radius 3 is 2.76 bits per heavy atom. The topological polar surface area (TPSA) is 33.7 Å². The van der Waals surface area contributed by atoms with Gasteiger partial charge in [0.2, 0.25) is 0 Å². The van der Waals surface area contributed by atoms with E-state index in [1.54, 1.807) is 0 Å². The van der Waals surface area contributed by atoms with Gasteiger partial charge in [-0.2, -0.15) is 0 Å². The Bertz CT molecular complexity index is 488. The number of benzene rings is 1. The second kappa shape index (κ2) is 6.67. The molecule has 0 saturated heterocycles. The van der Waals surface area contributed by atoms with Gasteiger partial charge in [0.15, 0.2) is 0 Å². The molecule has 0 bridgehead atoms. The number of fused-ring (bicyclic) bond motifs is 2. The number of nitrogens with one attached hydrogen (secondary N) is 1. The normalized spacial score (nSPS) is 18.0. The standard InChI is InChI=1S/C17H26N2O2/c1-13(2)20-9-7-19-8-10-21-17-12-15-4-6-18-5-3-14(15)11-16(17)19/h11-13,18H,3-10H2,1-2H3. The maximum Gasteiger partial charge on any atom is 0.142 e. The van der Waals surface area contributed by atoms with Crippen LogP contribution >= 0.6 is 0 Å². The number of hydrogen-bond donors (Lipinski definition) is 1. The maximum absolute atomic E-state index is 5.89. The Hall–Kier alpha value is -1.26. The van der Waals surface area contributed by atoms with Crippen LogP contribution in [0.5, 0.6) is 5.75 Å². The zero-order valence-electron chi connectivity index (χ0n) is 13.2. The van der Waals surface area contributed by atoms with Crippen LogP contribution in [0, 0.1) is 0 Å². The second-order valence-electron chi connectivity index (χ2n) is 6.09. The van der Waals surface area contributed by atoms with Crippen LogP contribution in [0.15, 0.2) is 12.1 Å². The minimum absolute atomic E-state index is 0.295. The molecule has 0 fully saturated rings. The molecule has 0 aliphatic carbocycles. The quantitative estimate of drug-likeness (QED) is 0.919. The van der Waals surface area contributed by atoms with Crippen molar-refractivity contribution in [2.45, 2.75) is 32.8 Å². The van der Waals surface area contributed by atoms with Gasteiger partial charge in [0.25, 0.3) is 0 Å². The van der Waals surface area contributed by atoms with E-state index in [0.29, 0.717) is 6.10 Å². The van der Waals surface area contributed by atoms with Crippen LogP contribution < -0.4 is 15.0 Å². The smallest absolute Gasteiger partial charge is 0.142 e. The minimum Gasteiger partial charge on any atom is -0.490 e. The lowest BCUT2D eigenvalue weighted by Crippen LogP contribution is -2.35. The highest BCUT2D eigenvalue weighted by atomic mass is 16.5. The number of anilines is 1. The van der Waals surface area contributed by atoms with E-state index in [0.717, 1.165) is 58.0 Å². The highest BCUT2D eigenvalue weighted by Crippen LogP contribution is 2.35. The molecule has 21 heavy (non-hydrogen) atoms. The third-order valence-electron chi connectivity index (χ3n) is 4.20. The van der Waals surface area contributed by atoms with Crippen molar-refractivity contribution in [3.63, 3.8) is 0 Å². The van der Waals surface area contributed by atoms with Crippen molar-refractivity contribution >= 4 is 5.69 Å². The lowest BCUT2D eigenvalue weighted by molar-refractivity contribution is 0.0833. The molecule has 4 nitrogen and oxygen atoms in total. The van der Waals surface area contributed by atoms with Crippen molar-refractivity contribution in [1.82, 2.24) is 5.32 Å². The van der Waals surface area contributed by atoms with Crippen LogP contribution in [0.3, 0.4) is 0 Å². The number of nitrogens with zero attached hydrogens (tertiary/aromatic N) is 1. The fraction of sp³-hybridized carbons (Fsp3) is 0.647. The van der Waals surface area contributed by atoms with Gasteiger partial charge in [-0.15, -0.1) is 0 Å². The molecule has 0 unspecified atom stereocenters. The molecule has 0 radical (unpaired) electrons. The molecule has 2 aliphatic rings. The van der Waals surface area contributed by atoms with Crippen molar-refractivity contribution < 1.29 is 9.47 Å². The highest BCUT2D eigenvalue weighted by Gasteiger charge is 2.21. The summed E-state index contributed by atoms with van der Waals surface area (Å²) in [4.78, 5) is 2.40. The van der Waals surface area contributed by atoms with E-state index < -0.39 is 0 Å². The van der Waals surface area contributed by atoms with Gasteiger partial charge in [0.1, 0.15) is 12.4 Å². The summed E-state index contributed by atoms with van der Waals surface area (Å²) < 4.78 is 11.6. The van der Waals surface area contributed by atoms with E-state index in [-0.39, 0.29) is 0 Å². The Kier molecular flexibility index (Phi) is 4.66. The van der Waals surface area contributed by atoms with Crippen LogP contribution in [-0.4, -0.2) is 45.5 Å². The number of hydrogen-bond acceptors (Lipinski definition) is 4. The van der Waals surface area contributed by atoms with Gasteiger partial charge in [-0.25, -0.2) is 0 Å². The highest BCUT2D eigenvalue weighted by molar-refractivity contribution is 5.63. The van der Waals surface area contributed by atoms with Crippen LogP contribution in [0.25, 0.3) is 0 Å². The summed E-state index contributed by atoms with van der Waals surface area (Å²) in [6.45, 7) is 9.74. The van der Waals surface area contributed by atoms with E-state index in [2.05, 4.69) is 36.2 Å². The van der Waals surface area contributed by atoms with Gasteiger partial charge in [-0.3, -0.25) is 0 Å². The first-order valence-corrected chi connectivity index (χ1v) is 8.10. The molecule has 0 aromatic heterocycles. The van der Waals surface area contributed by atoms with Crippen molar-refractivity contribution in [3.05, 3.63) is 23.3 Å². The predicted molar refractivity (Wildman–Crippen MR) is 85.5 cm³/mol. The second-order valence-corrected chi connectivity index (χ2v) is 6.09. The average Bonchev–Trinajstić information content (AvgIpc) is 2.69. The monoisotopic (exact) mass is 290 g/mol. The molecule has 2 heterocycles. The summed E-state index contributed by atoms with van der Waals surface area (Å²) in [5.74, 6) is 1.05. The number of rotatable bonds is 4. The molecule has 0 amide bonds. The van der Waals surface area contributed by atoms with Gasteiger partial charge in [0, 0.05) is 6.54 Å². The van der Waals surface area contributed by atoms with Gasteiger partial charge in [-0.1, -0.05) is 0 Å². The summed E-state index contributed by atoms with van der Waals surface area (Å²) in [7, 11) is 0. The molecule has 1 aromatic carbocycles. The van der Waals surface area contributed by atoms with Crippen LogP contribution in [0.4, 0.5) is 5.69 Å². The molecule has 2 aliphatic heterocycles. The first-order chi connectivity index (χ1) is 10.2. The fourth-order valence-electron chi connectivity index (χ4n) is 3.07. The zero-order valence-corrected chi connectivity index (χ0v) is 13.2. The molecule has 0 atom stereocenters. The summed E-state index contributed by atoms with van der Waals surface area (Å²) >= 11 is 0. The van der Waals surface area contributed by atoms with E-state index in [1.807, 2.05) is 0 Å². The third-order valence-corrected chi connectivity index (χ3v) is 4.20. The van der Waals surface area contributed by atoms with Gasteiger partial charge < -0.3 is 19.7 Å². The Morgan fingerprint density at radius 1 is 1.24 bits per heavy atom. The molecular weight excluding hydrogens is 264 g/mol. The Morgan fingerprint density at radius 2 is 2.00 bits per heavy atom. The minimum atomic E-state index is 0.295.